The number of benzene rings is 1. The second-order valence-corrected chi connectivity index (χ2v) is 7.24. The molecular formula is C12H15ClN2O2S. The summed E-state index contributed by atoms with van der Waals surface area (Å²) >= 11 is 5.87. The smallest absolute Gasteiger partial charge is 0.179 e. The quantitative estimate of drug-likeness (QED) is 0.862. The van der Waals surface area contributed by atoms with Gasteiger partial charge >= 0.3 is 0 Å². The van der Waals surface area contributed by atoms with Crippen molar-refractivity contribution in [2.24, 2.45) is 5.41 Å². The molecule has 0 saturated heterocycles. The fraction of sp³-hybridized carbons (Fsp3) is 0.417. The third kappa shape index (κ3) is 3.62. The Labute approximate surface area is 112 Å². The van der Waals surface area contributed by atoms with E-state index in [4.69, 9.17) is 22.6 Å². The number of anilines is 1. The molecule has 0 spiro atoms. The van der Waals surface area contributed by atoms with Crippen LogP contribution in [0, 0.1) is 16.7 Å². The Morgan fingerprint density at radius 1 is 1.44 bits per heavy atom. The molecule has 0 fully saturated rings. The fourth-order valence-corrected chi connectivity index (χ4v) is 3.50. The minimum Gasteiger partial charge on any atom is -0.399 e. The van der Waals surface area contributed by atoms with Crippen molar-refractivity contribution in [1.29, 1.82) is 5.26 Å². The highest BCUT2D eigenvalue weighted by atomic mass is 35.5. The van der Waals surface area contributed by atoms with Crippen LogP contribution in [0.15, 0.2) is 23.1 Å². The van der Waals surface area contributed by atoms with Crippen molar-refractivity contribution >= 4 is 27.1 Å². The zero-order chi connectivity index (χ0) is 14.0. The Kier molecular flexibility index (Phi) is 4.25. The number of sulfone groups is 1. The first kappa shape index (κ1) is 14.8. The summed E-state index contributed by atoms with van der Waals surface area (Å²) in [5.74, 6) is -0.114. The van der Waals surface area contributed by atoms with E-state index in [1.54, 1.807) is 13.8 Å². The predicted molar refractivity (Wildman–Crippen MR) is 71.9 cm³/mol. The van der Waals surface area contributed by atoms with Crippen molar-refractivity contribution in [2.75, 3.05) is 11.5 Å². The van der Waals surface area contributed by atoms with Crippen LogP contribution in [-0.4, -0.2) is 14.2 Å². The molecule has 1 aromatic carbocycles. The van der Waals surface area contributed by atoms with Gasteiger partial charge in [-0.25, -0.2) is 8.42 Å². The van der Waals surface area contributed by atoms with E-state index in [9.17, 15) is 8.42 Å². The van der Waals surface area contributed by atoms with Crippen molar-refractivity contribution in [3.63, 3.8) is 0 Å². The standard InChI is InChI=1S/C12H15ClN2O2S/c1-12(2,8-14)5-6-18(16,17)11-4-3-9(15)7-10(11)13/h3-4,7H,5-6,15H2,1-2H3. The molecule has 0 unspecified atom stereocenters. The lowest BCUT2D eigenvalue weighted by molar-refractivity contribution is 0.473. The van der Waals surface area contributed by atoms with Crippen LogP contribution in [0.4, 0.5) is 5.69 Å². The molecule has 98 valence electrons. The maximum absolute atomic E-state index is 12.1. The highest BCUT2D eigenvalue weighted by molar-refractivity contribution is 7.91. The maximum Gasteiger partial charge on any atom is 0.179 e. The van der Waals surface area contributed by atoms with Gasteiger partial charge in [0.2, 0.25) is 0 Å². The zero-order valence-electron chi connectivity index (χ0n) is 10.3. The van der Waals surface area contributed by atoms with Gasteiger partial charge in [0.25, 0.3) is 0 Å². The Hall–Kier alpha value is -1.25. The van der Waals surface area contributed by atoms with Gasteiger partial charge in [-0.3, -0.25) is 0 Å². The Morgan fingerprint density at radius 2 is 2.06 bits per heavy atom. The van der Waals surface area contributed by atoms with E-state index in [1.165, 1.54) is 18.2 Å². The summed E-state index contributed by atoms with van der Waals surface area (Å²) in [5, 5.41) is 8.98. The average molecular weight is 287 g/mol. The highest BCUT2D eigenvalue weighted by Gasteiger charge is 2.24. The minimum absolute atomic E-state index is 0.0621. The molecule has 0 amide bonds. The molecule has 0 heterocycles. The van der Waals surface area contributed by atoms with Gasteiger partial charge in [-0.05, 0) is 38.5 Å². The molecule has 6 heteroatoms. The summed E-state index contributed by atoms with van der Waals surface area (Å²) in [4.78, 5) is 0.0621. The van der Waals surface area contributed by atoms with Crippen LogP contribution in [0.2, 0.25) is 5.02 Å². The van der Waals surface area contributed by atoms with Gasteiger partial charge in [0.1, 0.15) is 0 Å². The average Bonchev–Trinajstić information content (AvgIpc) is 2.26. The maximum atomic E-state index is 12.1. The number of nitrogen functional groups attached to an aromatic ring is 1. The van der Waals surface area contributed by atoms with Crippen LogP contribution in [0.25, 0.3) is 0 Å². The molecule has 0 atom stereocenters. The minimum atomic E-state index is -3.49. The summed E-state index contributed by atoms with van der Waals surface area (Å²) in [6, 6.07) is 6.37. The molecule has 18 heavy (non-hydrogen) atoms. The fourth-order valence-electron chi connectivity index (χ4n) is 1.32. The molecule has 0 aliphatic rings. The van der Waals surface area contributed by atoms with Gasteiger partial charge in [-0.2, -0.15) is 5.26 Å². The molecule has 1 aromatic rings. The molecule has 0 aromatic heterocycles. The van der Waals surface area contributed by atoms with E-state index in [-0.39, 0.29) is 22.1 Å². The largest absolute Gasteiger partial charge is 0.399 e. The SMILES string of the molecule is CC(C)(C#N)CCS(=O)(=O)c1ccc(N)cc1Cl. The third-order valence-electron chi connectivity index (χ3n) is 2.59. The second kappa shape index (κ2) is 5.17. The number of halogens is 1. The van der Waals surface area contributed by atoms with Gasteiger partial charge in [0.05, 0.1) is 27.2 Å². The Morgan fingerprint density at radius 3 is 2.56 bits per heavy atom. The van der Waals surface area contributed by atoms with Gasteiger partial charge < -0.3 is 5.73 Å². The normalized spacial score (nSPS) is 12.1. The third-order valence-corrected chi connectivity index (χ3v) is 4.78. The lowest BCUT2D eigenvalue weighted by Gasteiger charge is -2.15. The summed E-state index contributed by atoms with van der Waals surface area (Å²) in [6.07, 6.45) is 0.256. The topological polar surface area (TPSA) is 84.0 Å². The van der Waals surface area contributed by atoms with Gasteiger partial charge in [-0.1, -0.05) is 11.6 Å². The molecule has 0 bridgehead atoms. The van der Waals surface area contributed by atoms with Gasteiger partial charge in [0, 0.05) is 5.69 Å². The number of nitrogens with zero attached hydrogens (tertiary/aromatic N) is 1. The monoisotopic (exact) mass is 286 g/mol. The van der Waals surface area contributed by atoms with Gasteiger partial charge in [-0.15, -0.1) is 0 Å². The van der Waals surface area contributed by atoms with Crippen LogP contribution >= 0.6 is 11.6 Å². The molecule has 1 rings (SSSR count). The summed E-state index contributed by atoms with van der Waals surface area (Å²) in [7, 11) is -3.49. The molecule has 0 aliphatic heterocycles. The van der Waals surface area contributed by atoms with Crippen molar-refractivity contribution in [3.8, 4) is 6.07 Å². The summed E-state index contributed by atoms with van der Waals surface area (Å²) in [6.45, 7) is 3.40. The molecule has 0 radical (unpaired) electrons. The van der Waals surface area contributed by atoms with Crippen LogP contribution in [-0.2, 0) is 9.84 Å². The predicted octanol–water partition coefficient (Wildman–Crippen LogP) is 2.64. The van der Waals surface area contributed by atoms with E-state index >= 15 is 0 Å². The number of nitrogens with two attached hydrogens (primary N) is 1. The van der Waals surface area contributed by atoms with E-state index in [0.29, 0.717) is 5.69 Å². The van der Waals surface area contributed by atoms with Gasteiger partial charge in [0.15, 0.2) is 9.84 Å². The van der Waals surface area contributed by atoms with E-state index in [2.05, 4.69) is 6.07 Å². The van der Waals surface area contributed by atoms with E-state index in [1.807, 2.05) is 0 Å². The number of nitriles is 1. The number of rotatable bonds is 4. The molecule has 0 aliphatic carbocycles. The van der Waals surface area contributed by atoms with Crippen molar-refractivity contribution < 1.29 is 8.42 Å². The van der Waals surface area contributed by atoms with Crippen molar-refractivity contribution in [2.45, 2.75) is 25.2 Å². The van der Waals surface area contributed by atoms with Crippen LogP contribution in [0.1, 0.15) is 20.3 Å². The first-order valence-corrected chi connectivity index (χ1v) is 7.40. The van der Waals surface area contributed by atoms with Crippen molar-refractivity contribution in [1.82, 2.24) is 0 Å². The zero-order valence-corrected chi connectivity index (χ0v) is 11.8. The Balaban J connectivity index is 2.98. The Bertz CT molecular complexity index is 589. The van der Waals surface area contributed by atoms with E-state index in [0.717, 1.165) is 0 Å². The van der Waals surface area contributed by atoms with Crippen LogP contribution < -0.4 is 5.73 Å². The first-order valence-electron chi connectivity index (χ1n) is 5.37. The summed E-state index contributed by atoms with van der Waals surface area (Å²) in [5.41, 5.74) is 5.25. The molecule has 4 nitrogen and oxygen atoms in total. The number of hydrogen-bond donors (Lipinski definition) is 1. The lowest BCUT2D eigenvalue weighted by atomic mass is 9.93. The lowest BCUT2D eigenvalue weighted by Crippen LogP contribution is -2.16. The molecule has 0 saturated carbocycles. The molecular weight excluding hydrogens is 272 g/mol. The van der Waals surface area contributed by atoms with Crippen molar-refractivity contribution in [3.05, 3.63) is 23.2 Å². The van der Waals surface area contributed by atoms with E-state index < -0.39 is 15.3 Å². The molecule has 2 N–H and O–H groups in total. The van der Waals surface area contributed by atoms with Crippen LogP contribution in [0.3, 0.4) is 0 Å². The highest BCUT2D eigenvalue weighted by Crippen LogP contribution is 2.27. The summed E-state index contributed by atoms with van der Waals surface area (Å²) < 4.78 is 24.2. The number of hydrogen-bond acceptors (Lipinski definition) is 4. The second-order valence-electron chi connectivity index (χ2n) is 4.75. The first-order chi connectivity index (χ1) is 8.18. The van der Waals surface area contributed by atoms with Crippen LogP contribution in [0.5, 0.6) is 0 Å².